The average molecular weight is 440 g/mol. The van der Waals surface area contributed by atoms with E-state index in [-0.39, 0.29) is 17.5 Å². The standard InChI is InChI=1S/C24H28N2O6/c1-16(15-30-2)32-21-12-19(11-20(13-21)31-10-9-17-5-3-4-6-17)23(27)26-22-8-7-18(14-25-22)24(28)29/h7-9,11-14,16H,3-6,10,15H2,1-2H3,(H,28,29)(H,25,26,27)/t16-/m0/s1. The van der Waals surface area contributed by atoms with E-state index in [0.29, 0.717) is 30.3 Å². The Morgan fingerprint density at radius 1 is 1.16 bits per heavy atom. The van der Waals surface area contributed by atoms with Crippen LogP contribution in [0.15, 0.2) is 48.2 Å². The molecule has 8 nitrogen and oxygen atoms in total. The minimum Gasteiger partial charge on any atom is -0.489 e. The van der Waals surface area contributed by atoms with Crippen LogP contribution in [0.1, 0.15) is 53.3 Å². The number of nitrogens with one attached hydrogen (secondary N) is 1. The molecule has 1 aliphatic rings. The first-order valence-electron chi connectivity index (χ1n) is 10.6. The van der Waals surface area contributed by atoms with E-state index in [1.165, 1.54) is 36.7 Å². The lowest BCUT2D eigenvalue weighted by Crippen LogP contribution is -2.19. The molecule has 2 N–H and O–H groups in total. The zero-order chi connectivity index (χ0) is 22.9. The molecule has 1 atom stereocenters. The van der Waals surface area contributed by atoms with E-state index in [1.807, 2.05) is 6.92 Å². The summed E-state index contributed by atoms with van der Waals surface area (Å²) in [5.41, 5.74) is 1.78. The van der Waals surface area contributed by atoms with Gasteiger partial charge < -0.3 is 24.6 Å². The molecule has 0 unspecified atom stereocenters. The molecular weight excluding hydrogens is 412 g/mol. The maximum Gasteiger partial charge on any atom is 0.337 e. The predicted molar refractivity (Wildman–Crippen MR) is 120 cm³/mol. The molecule has 1 aromatic carbocycles. The number of ether oxygens (including phenoxy) is 3. The predicted octanol–water partition coefficient (Wildman–Crippen LogP) is 4.33. The third kappa shape index (κ3) is 6.81. The number of methoxy groups -OCH3 is 1. The largest absolute Gasteiger partial charge is 0.489 e. The Labute approximate surface area is 187 Å². The molecular formula is C24H28N2O6. The number of amides is 1. The molecule has 1 heterocycles. The van der Waals surface area contributed by atoms with E-state index in [9.17, 15) is 9.59 Å². The third-order valence-corrected chi connectivity index (χ3v) is 5.00. The molecule has 0 bridgehead atoms. The molecule has 1 saturated carbocycles. The number of hydrogen-bond acceptors (Lipinski definition) is 6. The summed E-state index contributed by atoms with van der Waals surface area (Å²) in [4.78, 5) is 27.8. The van der Waals surface area contributed by atoms with Gasteiger partial charge in [0.1, 0.15) is 30.0 Å². The Morgan fingerprint density at radius 2 is 1.91 bits per heavy atom. The maximum atomic E-state index is 12.8. The average Bonchev–Trinajstić information content (AvgIpc) is 3.27. The van der Waals surface area contributed by atoms with Gasteiger partial charge in [-0.15, -0.1) is 0 Å². The molecule has 1 fully saturated rings. The van der Waals surface area contributed by atoms with Crippen LogP contribution in [0.3, 0.4) is 0 Å². The number of anilines is 1. The van der Waals surface area contributed by atoms with E-state index in [0.717, 1.165) is 12.8 Å². The molecule has 0 saturated heterocycles. The number of carboxylic acids is 1. The maximum absolute atomic E-state index is 12.8. The first kappa shape index (κ1) is 23.3. The topological polar surface area (TPSA) is 107 Å². The van der Waals surface area contributed by atoms with Crippen LogP contribution in [0.4, 0.5) is 5.82 Å². The number of nitrogens with zero attached hydrogens (tertiary/aromatic N) is 1. The Morgan fingerprint density at radius 3 is 2.56 bits per heavy atom. The summed E-state index contributed by atoms with van der Waals surface area (Å²) in [5.74, 6) is -0.252. The zero-order valence-electron chi connectivity index (χ0n) is 18.3. The van der Waals surface area contributed by atoms with Gasteiger partial charge >= 0.3 is 5.97 Å². The van der Waals surface area contributed by atoms with Gasteiger partial charge in [0, 0.05) is 24.9 Å². The van der Waals surface area contributed by atoms with Crippen LogP contribution >= 0.6 is 0 Å². The van der Waals surface area contributed by atoms with Crippen LogP contribution < -0.4 is 14.8 Å². The van der Waals surface area contributed by atoms with Crippen molar-refractivity contribution in [2.45, 2.75) is 38.7 Å². The van der Waals surface area contributed by atoms with Crippen molar-refractivity contribution in [2.24, 2.45) is 0 Å². The first-order chi connectivity index (χ1) is 15.4. The van der Waals surface area contributed by atoms with Crippen molar-refractivity contribution in [3.63, 3.8) is 0 Å². The normalized spacial score (nSPS) is 14.0. The lowest BCUT2D eigenvalue weighted by atomic mass is 10.1. The van der Waals surface area contributed by atoms with Gasteiger partial charge in [-0.05, 0) is 62.9 Å². The number of hydrogen-bond donors (Lipinski definition) is 2. The molecule has 1 aromatic heterocycles. The fourth-order valence-corrected chi connectivity index (χ4v) is 3.43. The minimum atomic E-state index is -1.08. The number of carbonyl (C=O) groups excluding carboxylic acids is 1. The smallest absolute Gasteiger partial charge is 0.337 e. The lowest BCUT2D eigenvalue weighted by Gasteiger charge is -2.16. The Balaban J connectivity index is 1.75. The molecule has 0 aliphatic heterocycles. The van der Waals surface area contributed by atoms with E-state index in [2.05, 4.69) is 16.4 Å². The molecule has 170 valence electrons. The van der Waals surface area contributed by atoms with Gasteiger partial charge in [0.15, 0.2) is 0 Å². The van der Waals surface area contributed by atoms with Crippen molar-refractivity contribution in [3.05, 3.63) is 59.3 Å². The summed E-state index contributed by atoms with van der Waals surface area (Å²) in [6, 6.07) is 7.82. The van der Waals surface area contributed by atoms with E-state index in [4.69, 9.17) is 19.3 Å². The highest BCUT2D eigenvalue weighted by Gasteiger charge is 2.14. The first-order valence-corrected chi connectivity index (χ1v) is 10.6. The molecule has 0 radical (unpaired) electrons. The number of allylic oxidation sites excluding steroid dienone is 1. The van der Waals surface area contributed by atoms with Crippen LogP contribution in [-0.4, -0.2) is 48.4 Å². The van der Waals surface area contributed by atoms with E-state index in [1.54, 1.807) is 25.3 Å². The number of aromatic carboxylic acids is 1. The van der Waals surface area contributed by atoms with Gasteiger partial charge in [-0.25, -0.2) is 9.78 Å². The third-order valence-electron chi connectivity index (χ3n) is 5.00. The number of rotatable bonds is 10. The van der Waals surface area contributed by atoms with Crippen LogP contribution in [0.25, 0.3) is 0 Å². The summed E-state index contributed by atoms with van der Waals surface area (Å²) in [6.45, 7) is 2.69. The molecule has 0 spiro atoms. The van der Waals surface area contributed by atoms with Crippen LogP contribution in [0.5, 0.6) is 11.5 Å². The monoisotopic (exact) mass is 440 g/mol. The van der Waals surface area contributed by atoms with Gasteiger partial charge in [-0.3, -0.25) is 4.79 Å². The summed E-state index contributed by atoms with van der Waals surface area (Å²) in [7, 11) is 1.59. The molecule has 8 heteroatoms. The van der Waals surface area contributed by atoms with Crippen LogP contribution in [-0.2, 0) is 4.74 Å². The highest BCUT2D eigenvalue weighted by molar-refractivity contribution is 6.04. The number of pyridine rings is 1. The summed E-state index contributed by atoms with van der Waals surface area (Å²) in [6.07, 6.45) is 7.75. The van der Waals surface area contributed by atoms with Crippen molar-refractivity contribution in [1.82, 2.24) is 4.98 Å². The van der Waals surface area contributed by atoms with Gasteiger partial charge in [0.05, 0.1) is 12.2 Å². The molecule has 1 amide bonds. The van der Waals surface area contributed by atoms with Crippen molar-refractivity contribution < 1.29 is 28.9 Å². The fraction of sp³-hybridized carbons (Fsp3) is 0.375. The van der Waals surface area contributed by atoms with Crippen molar-refractivity contribution in [3.8, 4) is 11.5 Å². The fourth-order valence-electron chi connectivity index (χ4n) is 3.43. The highest BCUT2D eigenvalue weighted by atomic mass is 16.5. The van der Waals surface area contributed by atoms with Gasteiger partial charge in [-0.1, -0.05) is 5.57 Å². The quantitative estimate of drug-likeness (QED) is 0.530. The second-order valence-corrected chi connectivity index (χ2v) is 7.65. The zero-order valence-corrected chi connectivity index (χ0v) is 18.3. The molecule has 3 rings (SSSR count). The highest BCUT2D eigenvalue weighted by Crippen LogP contribution is 2.26. The molecule has 1 aliphatic carbocycles. The SMILES string of the molecule is COC[C@H](C)Oc1cc(OCC=C2CCCC2)cc(C(=O)Nc2ccc(C(=O)O)cn2)c1. The summed E-state index contributed by atoms with van der Waals surface area (Å²) < 4.78 is 16.9. The van der Waals surface area contributed by atoms with Crippen molar-refractivity contribution in [1.29, 1.82) is 0 Å². The van der Waals surface area contributed by atoms with Crippen LogP contribution in [0.2, 0.25) is 0 Å². The molecule has 2 aromatic rings. The summed E-state index contributed by atoms with van der Waals surface area (Å²) >= 11 is 0. The van der Waals surface area contributed by atoms with E-state index >= 15 is 0 Å². The van der Waals surface area contributed by atoms with E-state index < -0.39 is 11.9 Å². The van der Waals surface area contributed by atoms with Gasteiger partial charge in [-0.2, -0.15) is 0 Å². The van der Waals surface area contributed by atoms with Crippen molar-refractivity contribution in [2.75, 3.05) is 25.6 Å². The number of carboxylic acid groups (broad SMARTS) is 1. The second kappa shape index (κ2) is 11.3. The number of carbonyl (C=O) groups is 2. The number of benzene rings is 1. The Bertz CT molecular complexity index is 963. The minimum absolute atomic E-state index is 0.0394. The molecule has 32 heavy (non-hydrogen) atoms. The van der Waals surface area contributed by atoms with Gasteiger partial charge in [0.2, 0.25) is 0 Å². The second-order valence-electron chi connectivity index (χ2n) is 7.65. The lowest BCUT2D eigenvalue weighted by molar-refractivity contribution is 0.0696. The Kier molecular flexibility index (Phi) is 8.21. The van der Waals surface area contributed by atoms with Crippen LogP contribution in [0, 0.1) is 0 Å². The number of aromatic nitrogens is 1. The summed E-state index contributed by atoms with van der Waals surface area (Å²) in [5, 5.41) is 11.6. The van der Waals surface area contributed by atoms with Gasteiger partial charge in [0.25, 0.3) is 5.91 Å². The Hall–Kier alpha value is -3.39. The van der Waals surface area contributed by atoms with Crippen molar-refractivity contribution >= 4 is 17.7 Å².